The Balaban J connectivity index is 0.000000168. The topological polar surface area (TPSA) is 230 Å². The van der Waals surface area contributed by atoms with Crippen molar-refractivity contribution in [1.29, 1.82) is 0 Å². The van der Waals surface area contributed by atoms with E-state index in [9.17, 15) is 19.2 Å². The molecule has 4 N–H and O–H groups in total. The number of hydrogen-bond donors (Lipinski definition) is 4. The van der Waals surface area contributed by atoms with E-state index in [-0.39, 0.29) is 48.3 Å². The summed E-state index contributed by atoms with van der Waals surface area (Å²) in [6.45, 7) is 16.3. The molecule has 14 rings (SSSR count). The molecule has 8 heterocycles. The first-order valence-electron chi connectivity index (χ1n) is 31.5. The third-order valence-corrected chi connectivity index (χ3v) is 18.3. The number of benzene rings is 6. The Kier molecular flexibility index (Phi) is 17.2. The van der Waals surface area contributed by atoms with E-state index in [1.54, 1.807) is 34.8 Å². The highest BCUT2D eigenvalue weighted by atomic mass is 16.2. The number of hydrogen-bond acceptors (Lipinski definition) is 14. The van der Waals surface area contributed by atoms with Crippen molar-refractivity contribution < 1.29 is 19.2 Å². The van der Waals surface area contributed by atoms with E-state index in [0.29, 0.717) is 75.9 Å². The monoisotopic (exact) mass is 1240 g/mol. The van der Waals surface area contributed by atoms with Crippen LogP contribution in [0, 0.1) is 0 Å². The SMILES string of the molecule is CCN1CCN(c2ccc3c(c2)ncn3-c2ccnc(N[C@@H](C)[C@H]3CN(C(=O)Nc4cccc5ccccc45)CCN3C)n2)C1=O.CCN1CCN(c2ccc3c(c2)ncn3-c2ccnc(N[C@H](C)[C@@H]3CN(C(=O)Nc4cccc5ccccc45)CCN3C)n2)C1=O. The van der Waals surface area contributed by atoms with Crippen molar-refractivity contribution in [2.75, 3.05) is 124 Å². The Morgan fingerprint density at radius 1 is 0.500 bits per heavy atom. The number of aromatic nitrogens is 8. The molecule has 4 saturated heterocycles. The summed E-state index contributed by atoms with van der Waals surface area (Å²) in [6, 6.07) is 43.3. The Morgan fingerprint density at radius 3 is 1.35 bits per heavy atom. The number of piperazine rings is 2. The van der Waals surface area contributed by atoms with Crippen LogP contribution in [0.3, 0.4) is 0 Å². The van der Waals surface area contributed by atoms with Gasteiger partial charge in [0.2, 0.25) is 11.9 Å². The predicted molar refractivity (Wildman–Crippen MR) is 361 cm³/mol. The second-order valence-electron chi connectivity index (χ2n) is 23.8. The Labute approximate surface area is 533 Å². The number of anilines is 6. The number of imidazole rings is 2. The average molecular weight is 1240 g/mol. The normalized spacial score (nSPS) is 18.0. The number of amides is 8. The van der Waals surface area contributed by atoms with Crippen LogP contribution in [0.5, 0.6) is 0 Å². The van der Waals surface area contributed by atoms with E-state index in [0.717, 1.165) is 92.5 Å². The smallest absolute Gasteiger partial charge is 0.324 e. The summed E-state index contributed by atoms with van der Waals surface area (Å²) < 4.78 is 3.85. The first kappa shape index (κ1) is 60.5. The lowest BCUT2D eigenvalue weighted by molar-refractivity contribution is 0.107. The molecule has 0 unspecified atom stereocenters. The molecule has 92 heavy (non-hydrogen) atoms. The summed E-state index contributed by atoms with van der Waals surface area (Å²) >= 11 is 0. The zero-order chi connectivity index (χ0) is 63.6. The standard InChI is InChI=1S/2C34H38N10O2/c2*1-4-41-18-19-43(34(41)46)25-12-13-29-28(20-25)36-22-44(29)31-14-15-35-32(39-31)37-23(2)30-21-42(17-16-40(30)3)33(45)38-27-11-7-9-24-8-5-6-10-26(24)27/h2*5-15,20,22-23,30H,4,16-19,21H2,1-3H3,(H,38,45)(H,35,37,39)/t2*23-,30+/m10/s1. The van der Waals surface area contributed by atoms with Gasteiger partial charge < -0.3 is 40.9 Å². The predicted octanol–water partition coefficient (Wildman–Crippen LogP) is 9.76. The van der Waals surface area contributed by atoms with Gasteiger partial charge in [-0.15, -0.1) is 0 Å². The van der Waals surface area contributed by atoms with Crippen LogP contribution in [-0.2, 0) is 0 Å². The van der Waals surface area contributed by atoms with Gasteiger partial charge in [-0.1, -0.05) is 72.8 Å². The van der Waals surface area contributed by atoms with Crippen LogP contribution in [-0.4, -0.2) is 209 Å². The van der Waals surface area contributed by atoms with Gasteiger partial charge >= 0.3 is 24.1 Å². The molecular weight excluding hydrogens is 1160 g/mol. The Hall–Kier alpha value is -10.5. The van der Waals surface area contributed by atoms with E-state index in [2.05, 4.69) is 78.9 Å². The summed E-state index contributed by atoms with van der Waals surface area (Å²) in [5.74, 6) is 2.36. The largest absolute Gasteiger partial charge is 0.350 e. The molecule has 24 nitrogen and oxygen atoms in total. The van der Waals surface area contributed by atoms with Crippen LogP contribution in [0.2, 0.25) is 0 Å². The van der Waals surface area contributed by atoms with Crippen molar-refractivity contribution >= 4 is 102 Å². The maximum Gasteiger partial charge on any atom is 0.324 e. The van der Waals surface area contributed by atoms with Gasteiger partial charge in [0.25, 0.3) is 0 Å². The van der Waals surface area contributed by atoms with E-state index in [1.165, 1.54) is 0 Å². The molecule has 6 aromatic carbocycles. The molecule has 0 spiro atoms. The van der Waals surface area contributed by atoms with E-state index in [1.807, 2.05) is 176 Å². The lowest BCUT2D eigenvalue weighted by atomic mass is 10.1. The first-order valence-corrected chi connectivity index (χ1v) is 31.5. The van der Waals surface area contributed by atoms with Gasteiger partial charge in [-0.2, -0.15) is 9.97 Å². The minimum atomic E-state index is -0.105. The maximum atomic E-state index is 13.4. The third-order valence-electron chi connectivity index (χ3n) is 18.3. The maximum absolute atomic E-state index is 13.4. The number of likely N-dealkylation sites (N-methyl/N-ethyl adjacent to an activating group) is 4. The van der Waals surface area contributed by atoms with Gasteiger partial charge in [-0.05, 0) is 113 Å². The molecule has 472 valence electrons. The zero-order valence-corrected chi connectivity index (χ0v) is 52.6. The number of carbonyl (C=O) groups is 4. The van der Waals surface area contributed by atoms with E-state index in [4.69, 9.17) is 9.97 Å². The molecule has 4 aromatic heterocycles. The van der Waals surface area contributed by atoms with Crippen molar-refractivity contribution in [3.63, 3.8) is 0 Å². The van der Waals surface area contributed by atoms with Gasteiger partial charge in [0.15, 0.2) is 0 Å². The fourth-order valence-corrected chi connectivity index (χ4v) is 12.9. The van der Waals surface area contributed by atoms with Crippen molar-refractivity contribution in [2.24, 2.45) is 0 Å². The highest BCUT2D eigenvalue weighted by molar-refractivity contribution is 6.03. The minimum absolute atomic E-state index is 0.0269. The van der Waals surface area contributed by atoms with Crippen LogP contribution in [0.4, 0.5) is 53.8 Å². The molecule has 10 aromatic rings. The number of fused-ring (bicyclic) bond motifs is 4. The Bertz CT molecular complexity index is 4080. The summed E-state index contributed by atoms with van der Waals surface area (Å²) in [4.78, 5) is 95.6. The van der Waals surface area contributed by atoms with Gasteiger partial charge in [0.05, 0.1) is 33.4 Å². The number of carbonyl (C=O) groups excluding carboxylic acids is 4. The highest BCUT2D eigenvalue weighted by Crippen LogP contribution is 2.31. The summed E-state index contributed by atoms with van der Waals surface area (Å²) in [6.07, 6.45) is 6.95. The fraction of sp³-hybridized carbons (Fsp3) is 0.324. The second kappa shape index (κ2) is 26.2. The van der Waals surface area contributed by atoms with Gasteiger partial charge in [0.1, 0.15) is 24.3 Å². The molecule has 0 bridgehead atoms. The quantitative estimate of drug-likeness (QED) is 0.0795. The third kappa shape index (κ3) is 12.3. The lowest BCUT2D eigenvalue weighted by Crippen LogP contribution is -2.59. The molecule has 0 saturated carbocycles. The van der Waals surface area contributed by atoms with Crippen LogP contribution in [0.1, 0.15) is 27.7 Å². The van der Waals surface area contributed by atoms with Crippen LogP contribution >= 0.6 is 0 Å². The van der Waals surface area contributed by atoms with Crippen molar-refractivity contribution in [2.45, 2.75) is 51.9 Å². The average Bonchev–Trinajstić information content (AvgIpc) is 1.70. The summed E-state index contributed by atoms with van der Waals surface area (Å²) in [5.41, 5.74) is 6.65. The van der Waals surface area contributed by atoms with E-state index >= 15 is 0 Å². The summed E-state index contributed by atoms with van der Waals surface area (Å²) in [7, 11) is 4.17. The molecule has 4 aliphatic rings. The molecule has 4 fully saturated rings. The molecule has 24 heteroatoms. The molecule has 0 aliphatic carbocycles. The van der Waals surface area contributed by atoms with Crippen LogP contribution in [0.25, 0.3) is 55.2 Å². The van der Waals surface area contributed by atoms with Crippen molar-refractivity contribution in [1.82, 2.24) is 68.4 Å². The number of rotatable bonds is 14. The minimum Gasteiger partial charge on any atom is -0.350 e. The summed E-state index contributed by atoms with van der Waals surface area (Å²) in [5, 5.41) is 17.5. The second-order valence-corrected chi connectivity index (χ2v) is 23.8. The van der Waals surface area contributed by atoms with E-state index < -0.39 is 0 Å². The fourth-order valence-electron chi connectivity index (χ4n) is 12.9. The molecular formula is C68H76N20O4. The van der Waals surface area contributed by atoms with Crippen molar-refractivity contribution in [3.8, 4) is 11.6 Å². The Morgan fingerprint density at radius 2 is 0.924 bits per heavy atom. The van der Waals surface area contributed by atoms with Gasteiger partial charge in [-0.3, -0.25) is 28.7 Å². The molecule has 0 radical (unpaired) electrons. The van der Waals surface area contributed by atoms with Crippen molar-refractivity contribution in [3.05, 3.63) is 159 Å². The molecule has 8 amide bonds. The molecule has 4 aliphatic heterocycles. The zero-order valence-electron chi connectivity index (χ0n) is 52.6. The number of urea groups is 4. The number of nitrogens with one attached hydrogen (secondary N) is 4. The van der Waals surface area contributed by atoms with Gasteiger partial charge in [-0.25, -0.2) is 39.1 Å². The molecule has 4 atom stereocenters. The van der Waals surface area contributed by atoms with Gasteiger partial charge in [0, 0.05) is 137 Å². The van der Waals surface area contributed by atoms with Crippen LogP contribution in [0.15, 0.2) is 159 Å². The number of nitrogens with zero attached hydrogens (tertiary/aromatic N) is 16. The van der Waals surface area contributed by atoms with Crippen LogP contribution < -0.4 is 31.1 Å². The lowest BCUT2D eigenvalue weighted by Gasteiger charge is -2.42. The highest BCUT2D eigenvalue weighted by Gasteiger charge is 2.35. The first-order chi connectivity index (χ1) is 44.8.